The Bertz CT molecular complexity index is 783. The van der Waals surface area contributed by atoms with Crippen molar-refractivity contribution in [3.63, 3.8) is 0 Å². The number of nitrogens with zero attached hydrogens (tertiary/aromatic N) is 1. The number of nitrogens with one attached hydrogen (secondary N) is 1. The van der Waals surface area contributed by atoms with Gasteiger partial charge in [0.25, 0.3) is 5.60 Å². The number of alkyl halides is 3. The molecule has 0 aliphatic carbocycles. The number of aryl methyl sites for hydroxylation is 1. The van der Waals surface area contributed by atoms with E-state index in [0.717, 1.165) is 0 Å². The van der Waals surface area contributed by atoms with E-state index in [-0.39, 0.29) is 27.0 Å². The second kappa shape index (κ2) is 7.73. The molecular formula is C17H16Cl2F3N3O. The largest absolute Gasteiger partial charge is 0.435 e. The third kappa shape index (κ3) is 4.06. The number of benzene rings is 1. The van der Waals surface area contributed by atoms with Crippen molar-refractivity contribution in [2.75, 3.05) is 0 Å². The molecule has 0 spiro atoms. The zero-order valence-corrected chi connectivity index (χ0v) is 15.2. The summed E-state index contributed by atoms with van der Waals surface area (Å²) < 4.78 is 41.5. The van der Waals surface area contributed by atoms with Gasteiger partial charge in [0.2, 0.25) is 0 Å². The van der Waals surface area contributed by atoms with Crippen molar-refractivity contribution >= 4 is 28.9 Å². The zero-order chi connectivity index (χ0) is 19.5. The minimum absolute atomic E-state index is 0.0706. The Morgan fingerprint density at radius 1 is 1.42 bits per heavy atom. The zero-order valence-electron chi connectivity index (χ0n) is 13.7. The summed E-state index contributed by atoms with van der Waals surface area (Å²) in [6.45, 7) is 5.14. The molecule has 26 heavy (non-hydrogen) atoms. The number of rotatable bonds is 5. The van der Waals surface area contributed by atoms with E-state index in [4.69, 9.17) is 33.9 Å². The first kappa shape index (κ1) is 20.4. The molecule has 140 valence electrons. The van der Waals surface area contributed by atoms with Gasteiger partial charge in [-0.1, -0.05) is 41.0 Å². The van der Waals surface area contributed by atoms with E-state index in [2.05, 4.69) is 17.2 Å². The predicted molar refractivity (Wildman–Crippen MR) is 96.6 cm³/mol. The van der Waals surface area contributed by atoms with Crippen LogP contribution >= 0.6 is 23.2 Å². The number of nitrogens with two attached hydrogens (primary N) is 1. The van der Waals surface area contributed by atoms with Gasteiger partial charge in [0.15, 0.2) is 0 Å². The second-order valence-corrected chi connectivity index (χ2v) is 6.48. The molecule has 0 bridgehead atoms. The smallest absolute Gasteiger partial charge is 0.374 e. The Balaban J connectivity index is 2.38. The Morgan fingerprint density at radius 3 is 2.65 bits per heavy atom. The third-order valence-corrected chi connectivity index (χ3v) is 4.33. The van der Waals surface area contributed by atoms with Crippen LogP contribution < -0.4 is 11.3 Å². The minimum atomic E-state index is -4.70. The Labute approximate surface area is 158 Å². The molecule has 0 saturated heterocycles. The quantitative estimate of drug-likeness (QED) is 0.418. The normalized spacial score (nSPS) is 21.3. The van der Waals surface area contributed by atoms with Crippen molar-refractivity contribution in [2.45, 2.75) is 25.1 Å². The first-order valence-corrected chi connectivity index (χ1v) is 8.15. The van der Waals surface area contributed by atoms with Gasteiger partial charge in [0.1, 0.15) is 0 Å². The van der Waals surface area contributed by atoms with Gasteiger partial charge in [-0.25, -0.2) is 0 Å². The highest BCUT2D eigenvalue weighted by atomic mass is 35.5. The van der Waals surface area contributed by atoms with Crippen molar-refractivity contribution in [3.05, 3.63) is 69.9 Å². The van der Waals surface area contributed by atoms with E-state index < -0.39 is 18.2 Å². The average Bonchev–Trinajstić information content (AvgIpc) is 2.99. The van der Waals surface area contributed by atoms with Crippen LogP contribution in [0.25, 0.3) is 0 Å². The third-order valence-electron chi connectivity index (χ3n) is 3.75. The lowest BCUT2D eigenvalue weighted by Gasteiger charge is -2.29. The van der Waals surface area contributed by atoms with E-state index in [1.165, 1.54) is 30.4 Å². The van der Waals surface area contributed by atoms with Gasteiger partial charge in [0, 0.05) is 17.0 Å². The van der Waals surface area contributed by atoms with Gasteiger partial charge in [-0.2, -0.15) is 13.2 Å². The molecule has 3 N–H and O–H groups in total. The van der Waals surface area contributed by atoms with Crippen LogP contribution in [0.1, 0.15) is 17.5 Å². The van der Waals surface area contributed by atoms with E-state index in [1.807, 2.05) is 0 Å². The van der Waals surface area contributed by atoms with Gasteiger partial charge < -0.3 is 10.3 Å². The van der Waals surface area contributed by atoms with Crippen LogP contribution in [0, 0.1) is 6.92 Å². The fraction of sp³-hybridized carbons (Fsp3) is 0.235. The number of hydrogen-bond donors (Lipinski definition) is 2. The van der Waals surface area contributed by atoms with Crippen molar-refractivity contribution in [1.82, 2.24) is 5.43 Å². The fourth-order valence-electron chi connectivity index (χ4n) is 2.47. The van der Waals surface area contributed by atoms with Crippen molar-refractivity contribution in [3.8, 4) is 0 Å². The molecule has 1 aromatic rings. The summed E-state index contributed by atoms with van der Waals surface area (Å²) in [4.78, 5) is 4.90. The lowest BCUT2D eigenvalue weighted by atomic mass is 9.87. The number of oxime groups is 1. The fourth-order valence-corrected chi connectivity index (χ4v) is 2.88. The first-order valence-electron chi connectivity index (χ1n) is 7.39. The summed E-state index contributed by atoms with van der Waals surface area (Å²) in [5.74, 6) is 5.32. The molecule has 1 atom stereocenters. The predicted octanol–water partition coefficient (Wildman–Crippen LogP) is 4.84. The van der Waals surface area contributed by atoms with Crippen molar-refractivity contribution < 1.29 is 18.0 Å². The molecule has 1 aliphatic rings. The number of hydrogen-bond acceptors (Lipinski definition) is 4. The highest BCUT2D eigenvalue weighted by Crippen LogP contribution is 2.48. The monoisotopic (exact) mass is 405 g/mol. The Morgan fingerprint density at radius 2 is 2.12 bits per heavy atom. The van der Waals surface area contributed by atoms with Crippen molar-refractivity contribution in [2.24, 2.45) is 11.0 Å². The second-order valence-electron chi connectivity index (χ2n) is 5.64. The molecule has 0 aromatic heterocycles. The van der Waals surface area contributed by atoms with Gasteiger partial charge >= 0.3 is 6.18 Å². The lowest BCUT2D eigenvalue weighted by Crippen LogP contribution is -2.42. The summed E-state index contributed by atoms with van der Waals surface area (Å²) in [5, 5.41) is 3.98. The summed E-state index contributed by atoms with van der Waals surface area (Å²) in [7, 11) is 0. The topological polar surface area (TPSA) is 59.6 Å². The molecular weight excluding hydrogens is 390 g/mol. The average molecular weight is 406 g/mol. The summed E-state index contributed by atoms with van der Waals surface area (Å²) in [6, 6.07) is 4.17. The highest BCUT2D eigenvalue weighted by Gasteiger charge is 2.62. The maximum absolute atomic E-state index is 13.8. The molecule has 1 aromatic carbocycles. The maximum Gasteiger partial charge on any atom is 0.435 e. The van der Waals surface area contributed by atoms with Crippen molar-refractivity contribution in [1.29, 1.82) is 0 Å². The molecule has 2 rings (SSSR count). The minimum Gasteiger partial charge on any atom is -0.374 e. The van der Waals surface area contributed by atoms with Crippen LogP contribution in [0.4, 0.5) is 13.2 Å². The standard InChI is InChI=1S/C17H16Cl2F3N3O/c1-3-14(19)15(24-23)5-4-13-9-16(26-25-13,17(20,21)22)11-6-10(2)7-12(18)8-11/h3-8,24H,1,9,23H2,2H3/b5-4+,15-14-. The molecule has 1 unspecified atom stereocenters. The highest BCUT2D eigenvalue weighted by molar-refractivity contribution is 6.31. The van der Waals surface area contributed by atoms with E-state index in [0.29, 0.717) is 5.56 Å². The number of allylic oxidation sites excluding steroid dienone is 4. The molecule has 0 amide bonds. The molecule has 1 aliphatic heterocycles. The molecule has 0 fully saturated rings. The van der Waals surface area contributed by atoms with Gasteiger partial charge in [-0.3, -0.25) is 5.84 Å². The van der Waals surface area contributed by atoms with Gasteiger partial charge in [0.05, 0.1) is 16.4 Å². The lowest BCUT2D eigenvalue weighted by molar-refractivity contribution is -0.275. The SMILES string of the molecule is C=C/C(Cl)=C(\C=C\C1=NOC(c2cc(C)cc(Cl)c2)(C(F)(F)F)C1)NN. The Kier molecular flexibility index (Phi) is 6.05. The van der Waals surface area contributed by atoms with Gasteiger partial charge in [-0.15, -0.1) is 0 Å². The number of halogens is 5. The maximum atomic E-state index is 13.8. The van der Waals surface area contributed by atoms with Gasteiger partial charge in [-0.05, 0) is 42.8 Å². The van der Waals surface area contributed by atoms with Crippen LogP contribution in [0.5, 0.6) is 0 Å². The molecule has 4 nitrogen and oxygen atoms in total. The van der Waals surface area contributed by atoms with E-state index in [9.17, 15) is 13.2 Å². The van der Waals surface area contributed by atoms with E-state index >= 15 is 0 Å². The summed E-state index contributed by atoms with van der Waals surface area (Å²) in [5.41, 5.74) is 0.534. The van der Waals surface area contributed by atoms with Crippen LogP contribution in [-0.2, 0) is 10.4 Å². The van der Waals surface area contributed by atoms with Crippen LogP contribution in [0.3, 0.4) is 0 Å². The number of hydrazine groups is 1. The molecule has 1 heterocycles. The summed E-state index contributed by atoms with van der Waals surface area (Å²) >= 11 is 11.8. The van der Waals surface area contributed by atoms with Crippen LogP contribution in [-0.4, -0.2) is 11.9 Å². The molecule has 0 radical (unpaired) electrons. The first-order chi connectivity index (χ1) is 12.1. The molecule has 0 saturated carbocycles. The van der Waals surface area contributed by atoms with E-state index in [1.54, 1.807) is 13.0 Å². The Hall–Kier alpha value is -1.96. The van der Waals surface area contributed by atoms with Crippen LogP contribution in [0.2, 0.25) is 5.02 Å². The molecule has 9 heteroatoms. The summed E-state index contributed by atoms with van der Waals surface area (Å²) in [6.07, 6.45) is -1.15. The van der Waals surface area contributed by atoms with Crippen LogP contribution in [0.15, 0.2) is 58.9 Å².